The lowest BCUT2D eigenvalue weighted by atomic mass is 9.72. The predicted molar refractivity (Wildman–Crippen MR) is 101 cm³/mol. The average Bonchev–Trinajstić information content (AvgIpc) is 2.58. The lowest BCUT2D eigenvalue weighted by Gasteiger charge is -2.35. The molecule has 25 heavy (non-hydrogen) atoms. The molecular weight excluding hydrogens is 314 g/mol. The number of nitrogens with zero attached hydrogens (tertiary/aromatic N) is 2. The van der Waals surface area contributed by atoms with E-state index in [1.165, 1.54) is 24.0 Å². The van der Waals surface area contributed by atoms with Crippen LogP contribution in [-0.4, -0.2) is 54.5 Å². The Kier molecular flexibility index (Phi) is 6.68. The molecule has 0 aromatic heterocycles. The van der Waals surface area contributed by atoms with Crippen LogP contribution in [-0.2, 0) is 4.79 Å². The highest BCUT2D eigenvalue weighted by atomic mass is 16.2. The lowest BCUT2D eigenvalue weighted by Crippen LogP contribution is -2.53. The minimum Gasteiger partial charge on any atom is -0.338 e. The van der Waals surface area contributed by atoms with Crippen LogP contribution in [0.3, 0.4) is 0 Å². The van der Waals surface area contributed by atoms with Gasteiger partial charge in [-0.1, -0.05) is 32.4 Å². The largest absolute Gasteiger partial charge is 0.338 e. The van der Waals surface area contributed by atoms with Crippen molar-refractivity contribution in [3.8, 4) is 0 Å². The standard InChI is InChI=1S/C20H33N3O2/c1-5-11-21-19(25)23-14-12-22(13-15-23)18(24)9-8-17-16(2)7-6-10-20(17,3)4/h8-9H,5-7,10-15H2,1-4H3,(H,21,25)/b9-8+. The molecule has 5 heteroatoms. The summed E-state index contributed by atoms with van der Waals surface area (Å²) in [5.41, 5.74) is 2.86. The summed E-state index contributed by atoms with van der Waals surface area (Å²) < 4.78 is 0. The molecule has 2 aliphatic rings. The molecule has 1 aliphatic heterocycles. The van der Waals surface area contributed by atoms with E-state index >= 15 is 0 Å². The molecule has 1 aliphatic carbocycles. The van der Waals surface area contributed by atoms with Crippen molar-refractivity contribution in [2.75, 3.05) is 32.7 Å². The molecule has 0 atom stereocenters. The summed E-state index contributed by atoms with van der Waals surface area (Å²) in [5.74, 6) is 0.0512. The molecule has 140 valence electrons. The van der Waals surface area contributed by atoms with Gasteiger partial charge >= 0.3 is 6.03 Å². The van der Waals surface area contributed by atoms with E-state index in [0.717, 1.165) is 12.8 Å². The summed E-state index contributed by atoms with van der Waals surface area (Å²) in [5, 5.41) is 2.89. The Balaban J connectivity index is 1.89. The van der Waals surface area contributed by atoms with Gasteiger partial charge in [-0.2, -0.15) is 0 Å². The monoisotopic (exact) mass is 347 g/mol. The van der Waals surface area contributed by atoms with Gasteiger partial charge in [0.15, 0.2) is 0 Å². The Bertz CT molecular complexity index is 555. The van der Waals surface area contributed by atoms with E-state index < -0.39 is 0 Å². The molecule has 5 nitrogen and oxygen atoms in total. The zero-order valence-electron chi connectivity index (χ0n) is 16.2. The van der Waals surface area contributed by atoms with Crippen LogP contribution >= 0.6 is 0 Å². The fourth-order valence-electron chi connectivity index (χ4n) is 3.74. The number of amides is 3. The Labute approximate surface area is 152 Å². The van der Waals surface area contributed by atoms with Crippen LogP contribution in [0.1, 0.15) is 53.4 Å². The number of nitrogens with one attached hydrogen (secondary N) is 1. The van der Waals surface area contributed by atoms with E-state index in [1.807, 2.05) is 17.9 Å². The lowest BCUT2D eigenvalue weighted by molar-refractivity contribution is -0.127. The molecule has 1 N–H and O–H groups in total. The summed E-state index contributed by atoms with van der Waals surface area (Å²) in [6, 6.07) is -0.0192. The number of allylic oxidation sites excluding steroid dienone is 3. The number of hydrogen-bond donors (Lipinski definition) is 1. The Morgan fingerprint density at radius 3 is 2.40 bits per heavy atom. The predicted octanol–water partition coefficient (Wildman–Crippen LogP) is 3.33. The molecule has 0 aromatic rings. The van der Waals surface area contributed by atoms with Crippen molar-refractivity contribution in [3.05, 3.63) is 23.3 Å². The van der Waals surface area contributed by atoms with Crippen molar-refractivity contribution < 1.29 is 9.59 Å². The summed E-state index contributed by atoms with van der Waals surface area (Å²) in [4.78, 5) is 28.1. The summed E-state index contributed by atoms with van der Waals surface area (Å²) >= 11 is 0. The van der Waals surface area contributed by atoms with Crippen molar-refractivity contribution in [2.24, 2.45) is 5.41 Å². The fourth-order valence-corrected chi connectivity index (χ4v) is 3.74. The van der Waals surface area contributed by atoms with Gasteiger partial charge in [-0.25, -0.2) is 4.79 Å². The summed E-state index contributed by atoms with van der Waals surface area (Å²) in [7, 11) is 0. The van der Waals surface area contributed by atoms with Crippen molar-refractivity contribution in [3.63, 3.8) is 0 Å². The Hall–Kier alpha value is -1.78. The van der Waals surface area contributed by atoms with E-state index in [-0.39, 0.29) is 17.4 Å². The second kappa shape index (κ2) is 8.54. The van der Waals surface area contributed by atoms with Crippen molar-refractivity contribution in [2.45, 2.75) is 53.4 Å². The third kappa shape index (κ3) is 5.10. The molecule has 3 amide bonds. The van der Waals surface area contributed by atoms with E-state index in [4.69, 9.17) is 0 Å². The minimum absolute atomic E-state index is 0.0192. The second-order valence-electron chi connectivity index (χ2n) is 7.81. The summed E-state index contributed by atoms with van der Waals surface area (Å²) in [6.07, 6.45) is 8.20. The Morgan fingerprint density at radius 2 is 1.80 bits per heavy atom. The van der Waals surface area contributed by atoms with Crippen molar-refractivity contribution >= 4 is 11.9 Å². The first-order valence-corrected chi connectivity index (χ1v) is 9.55. The molecule has 1 saturated heterocycles. The maximum absolute atomic E-state index is 12.5. The zero-order chi connectivity index (χ0) is 18.4. The van der Waals surface area contributed by atoms with Gasteiger partial charge in [0.25, 0.3) is 0 Å². The molecule has 1 heterocycles. The van der Waals surface area contributed by atoms with Gasteiger partial charge in [-0.3, -0.25) is 4.79 Å². The van der Waals surface area contributed by atoms with E-state index in [2.05, 4.69) is 26.1 Å². The van der Waals surface area contributed by atoms with Crippen molar-refractivity contribution in [1.82, 2.24) is 15.1 Å². The number of hydrogen-bond acceptors (Lipinski definition) is 2. The highest BCUT2D eigenvalue weighted by Gasteiger charge is 2.27. The van der Waals surface area contributed by atoms with Crippen LogP contribution < -0.4 is 5.32 Å². The molecule has 0 aromatic carbocycles. The number of carbonyl (C=O) groups is 2. The number of rotatable bonds is 4. The molecule has 0 spiro atoms. The first kappa shape index (κ1) is 19.5. The molecule has 0 bridgehead atoms. The van der Waals surface area contributed by atoms with Crippen molar-refractivity contribution in [1.29, 1.82) is 0 Å². The van der Waals surface area contributed by atoms with Gasteiger partial charge in [0.1, 0.15) is 0 Å². The normalized spacial score (nSPS) is 21.0. The number of urea groups is 1. The van der Waals surface area contributed by atoms with Crippen LogP contribution in [0, 0.1) is 5.41 Å². The molecule has 2 rings (SSSR count). The maximum atomic E-state index is 12.5. The highest BCUT2D eigenvalue weighted by Crippen LogP contribution is 2.40. The first-order chi connectivity index (χ1) is 11.8. The van der Waals surface area contributed by atoms with Crippen LogP contribution in [0.4, 0.5) is 4.79 Å². The quantitative estimate of drug-likeness (QED) is 0.793. The van der Waals surface area contributed by atoms with Gasteiger partial charge in [-0.05, 0) is 43.6 Å². The summed E-state index contributed by atoms with van der Waals surface area (Å²) in [6.45, 7) is 11.8. The molecule has 0 saturated carbocycles. The topological polar surface area (TPSA) is 52.7 Å². The van der Waals surface area contributed by atoms with Crippen LogP contribution in [0.5, 0.6) is 0 Å². The number of piperazine rings is 1. The third-order valence-corrected chi connectivity index (χ3v) is 5.34. The van der Waals surface area contributed by atoms with Gasteiger partial charge in [0, 0.05) is 38.8 Å². The van der Waals surface area contributed by atoms with Gasteiger partial charge < -0.3 is 15.1 Å². The zero-order valence-corrected chi connectivity index (χ0v) is 16.2. The van der Waals surface area contributed by atoms with Crippen LogP contribution in [0.15, 0.2) is 23.3 Å². The average molecular weight is 348 g/mol. The third-order valence-electron chi connectivity index (χ3n) is 5.34. The smallest absolute Gasteiger partial charge is 0.317 e. The van der Waals surface area contributed by atoms with E-state index in [9.17, 15) is 9.59 Å². The molecule has 0 radical (unpaired) electrons. The molecular formula is C20H33N3O2. The van der Waals surface area contributed by atoms with E-state index in [0.29, 0.717) is 32.7 Å². The highest BCUT2D eigenvalue weighted by molar-refractivity contribution is 5.88. The molecule has 0 unspecified atom stereocenters. The van der Waals surface area contributed by atoms with Crippen LogP contribution in [0.25, 0.3) is 0 Å². The van der Waals surface area contributed by atoms with Gasteiger partial charge in [-0.15, -0.1) is 0 Å². The SMILES string of the molecule is CCCNC(=O)N1CCN(C(=O)/C=C/C2=C(C)CCCC2(C)C)CC1. The number of carbonyl (C=O) groups excluding carboxylic acids is 2. The van der Waals surface area contributed by atoms with E-state index in [1.54, 1.807) is 11.0 Å². The van der Waals surface area contributed by atoms with Crippen LogP contribution in [0.2, 0.25) is 0 Å². The first-order valence-electron chi connectivity index (χ1n) is 9.55. The second-order valence-corrected chi connectivity index (χ2v) is 7.81. The maximum Gasteiger partial charge on any atom is 0.317 e. The molecule has 1 fully saturated rings. The van der Waals surface area contributed by atoms with Gasteiger partial charge in [0.05, 0.1) is 0 Å². The minimum atomic E-state index is -0.0192. The fraction of sp³-hybridized carbons (Fsp3) is 0.700. The Morgan fingerprint density at radius 1 is 1.16 bits per heavy atom. The van der Waals surface area contributed by atoms with Gasteiger partial charge in [0.2, 0.25) is 5.91 Å².